The van der Waals surface area contributed by atoms with Crippen molar-refractivity contribution < 1.29 is 9.53 Å². The number of hydrogen-bond acceptors (Lipinski definition) is 3. The molecule has 1 amide bonds. The maximum absolute atomic E-state index is 12.6. The van der Waals surface area contributed by atoms with Crippen LogP contribution in [0.2, 0.25) is 0 Å². The van der Waals surface area contributed by atoms with Crippen LogP contribution in [-0.2, 0) is 9.53 Å². The van der Waals surface area contributed by atoms with Crippen LogP contribution in [-0.4, -0.2) is 30.1 Å². The van der Waals surface area contributed by atoms with Gasteiger partial charge in [0.15, 0.2) is 0 Å². The molecule has 19 heavy (non-hydrogen) atoms. The average Bonchev–Trinajstić information content (AvgIpc) is 2.89. The summed E-state index contributed by atoms with van der Waals surface area (Å²) in [6.45, 7) is 7.67. The van der Waals surface area contributed by atoms with Crippen LogP contribution in [0.25, 0.3) is 0 Å². The van der Waals surface area contributed by atoms with Crippen LogP contribution in [0.1, 0.15) is 33.6 Å². The van der Waals surface area contributed by atoms with E-state index in [0.717, 1.165) is 12.8 Å². The molecule has 0 spiro atoms. The van der Waals surface area contributed by atoms with E-state index >= 15 is 0 Å². The van der Waals surface area contributed by atoms with Gasteiger partial charge in [0.05, 0.1) is 0 Å². The predicted molar refractivity (Wildman–Crippen MR) is 75.0 cm³/mol. The van der Waals surface area contributed by atoms with Crippen molar-refractivity contribution >= 4 is 11.7 Å². The van der Waals surface area contributed by atoms with E-state index < -0.39 is 0 Å². The number of carbonyl (C=O) groups is 1. The van der Waals surface area contributed by atoms with E-state index in [-0.39, 0.29) is 17.4 Å². The topological polar surface area (TPSA) is 42.4 Å². The molecule has 1 aromatic rings. The molecule has 2 heterocycles. The Labute approximate surface area is 114 Å². The molecule has 4 heteroatoms. The molecule has 4 nitrogen and oxygen atoms in total. The van der Waals surface area contributed by atoms with Crippen LogP contribution in [0.5, 0.6) is 0 Å². The quantitative estimate of drug-likeness (QED) is 0.841. The summed E-state index contributed by atoms with van der Waals surface area (Å²) in [7, 11) is 0. The van der Waals surface area contributed by atoms with E-state index in [1.165, 1.54) is 0 Å². The molecule has 0 bridgehead atoms. The second kappa shape index (κ2) is 5.70. The number of rotatable bonds is 3. The van der Waals surface area contributed by atoms with Crippen molar-refractivity contribution in [1.29, 1.82) is 0 Å². The summed E-state index contributed by atoms with van der Waals surface area (Å²) < 4.78 is 5.51. The van der Waals surface area contributed by atoms with E-state index in [2.05, 4.69) is 25.8 Å². The highest BCUT2D eigenvalue weighted by molar-refractivity contribution is 5.95. The van der Waals surface area contributed by atoms with Gasteiger partial charge in [-0.2, -0.15) is 0 Å². The molecule has 0 aromatic carbocycles. The predicted octanol–water partition coefficient (Wildman–Crippen LogP) is 2.64. The van der Waals surface area contributed by atoms with Crippen molar-refractivity contribution in [2.75, 3.05) is 18.1 Å². The lowest BCUT2D eigenvalue weighted by atomic mass is 9.95. The van der Waals surface area contributed by atoms with Gasteiger partial charge in [0.2, 0.25) is 0 Å². The van der Waals surface area contributed by atoms with Gasteiger partial charge in [0.25, 0.3) is 5.91 Å². The maximum atomic E-state index is 12.6. The second-order valence-electron chi connectivity index (χ2n) is 6.17. The Hall–Kier alpha value is -1.42. The molecule has 0 aliphatic carbocycles. The van der Waals surface area contributed by atoms with E-state index in [9.17, 15) is 4.79 Å². The maximum Gasteiger partial charge on any atom is 0.257 e. The van der Waals surface area contributed by atoms with E-state index in [4.69, 9.17) is 4.74 Å². The first-order chi connectivity index (χ1) is 8.97. The number of carbonyl (C=O) groups excluding carboxylic acids is 1. The highest BCUT2D eigenvalue weighted by atomic mass is 16.5. The average molecular weight is 262 g/mol. The minimum Gasteiger partial charge on any atom is -0.368 e. The fourth-order valence-corrected chi connectivity index (χ4v) is 2.21. The van der Waals surface area contributed by atoms with Crippen LogP contribution >= 0.6 is 0 Å². The van der Waals surface area contributed by atoms with Crippen molar-refractivity contribution in [2.24, 2.45) is 5.41 Å². The minimum absolute atomic E-state index is 0.0196. The molecule has 1 saturated heterocycles. The third-order valence-corrected chi connectivity index (χ3v) is 3.03. The zero-order valence-corrected chi connectivity index (χ0v) is 11.9. The zero-order chi connectivity index (χ0) is 13.9. The van der Waals surface area contributed by atoms with Crippen molar-refractivity contribution in [3.63, 3.8) is 0 Å². The highest BCUT2D eigenvalue weighted by Crippen LogP contribution is 2.23. The fourth-order valence-electron chi connectivity index (χ4n) is 2.21. The SMILES string of the molecule is CC(C)(C)CN(C(=O)[C@H]1CCCO1)c1ccccn1. The summed E-state index contributed by atoms with van der Waals surface area (Å²) in [5, 5.41) is 0. The summed E-state index contributed by atoms with van der Waals surface area (Å²) >= 11 is 0. The third-order valence-electron chi connectivity index (χ3n) is 3.03. The first kappa shape index (κ1) is 14.0. The van der Waals surface area contributed by atoms with Crippen LogP contribution in [0.4, 0.5) is 5.82 Å². The van der Waals surface area contributed by atoms with Gasteiger partial charge < -0.3 is 4.74 Å². The number of hydrogen-bond donors (Lipinski definition) is 0. The molecule has 1 aliphatic rings. The molecule has 2 rings (SSSR count). The van der Waals surface area contributed by atoms with E-state index in [1.54, 1.807) is 11.1 Å². The molecule has 0 radical (unpaired) electrons. The van der Waals surface area contributed by atoms with Crippen molar-refractivity contribution in [3.05, 3.63) is 24.4 Å². The lowest BCUT2D eigenvalue weighted by Crippen LogP contribution is -2.43. The molecular weight excluding hydrogens is 240 g/mol. The minimum atomic E-state index is -0.302. The third kappa shape index (κ3) is 3.77. The largest absolute Gasteiger partial charge is 0.368 e. The van der Waals surface area contributed by atoms with Crippen molar-refractivity contribution in [1.82, 2.24) is 4.98 Å². The number of ether oxygens (including phenoxy) is 1. The normalized spacial score (nSPS) is 19.4. The van der Waals surface area contributed by atoms with Crippen molar-refractivity contribution in [2.45, 2.75) is 39.7 Å². The van der Waals surface area contributed by atoms with Crippen LogP contribution < -0.4 is 4.90 Å². The van der Waals surface area contributed by atoms with Gasteiger partial charge in [-0.3, -0.25) is 9.69 Å². The molecule has 1 aromatic heterocycles. The van der Waals surface area contributed by atoms with Crippen LogP contribution in [0.15, 0.2) is 24.4 Å². The Bertz CT molecular complexity index is 420. The van der Waals surface area contributed by atoms with Crippen LogP contribution in [0.3, 0.4) is 0 Å². The molecule has 0 unspecified atom stereocenters. The zero-order valence-electron chi connectivity index (χ0n) is 11.9. The molecule has 1 fully saturated rings. The van der Waals surface area contributed by atoms with Crippen LogP contribution in [0, 0.1) is 5.41 Å². The van der Waals surface area contributed by atoms with Gasteiger partial charge in [-0.1, -0.05) is 26.8 Å². The number of nitrogens with zero attached hydrogens (tertiary/aromatic N) is 2. The molecule has 0 saturated carbocycles. The van der Waals surface area contributed by atoms with Gasteiger partial charge in [0.1, 0.15) is 11.9 Å². The smallest absolute Gasteiger partial charge is 0.257 e. The molecule has 1 atom stereocenters. The molecule has 104 valence electrons. The molecule has 0 N–H and O–H groups in total. The van der Waals surface area contributed by atoms with E-state index in [0.29, 0.717) is 19.0 Å². The summed E-state index contributed by atoms with van der Waals surface area (Å²) in [5.41, 5.74) is 0.0196. The van der Waals surface area contributed by atoms with Gasteiger partial charge in [0, 0.05) is 19.3 Å². The van der Waals surface area contributed by atoms with Crippen molar-refractivity contribution in [3.8, 4) is 0 Å². The monoisotopic (exact) mass is 262 g/mol. The summed E-state index contributed by atoms with van der Waals surface area (Å²) in [6, 6.07) is 5.63. The standard InChI is InChI=1S/C15H22N2O2/c1-15(2,3)11-17(13-8-4-5-9-16-13)14(18)12-7-6-10-19-12/h4-5,8-9,12H,6-7,10-11H2,1-3H3/t12-/m1/s1. The number of aromatic nitrogens is 1. The van der Waals surface area contributed by atoms with Gasteiger partial charge >= 0.3 is 0 Å². The van der Waals surface area contributed by atoms with Gasteiger partial charge in [-0.15, -0.1) is 0 Å². The van der Waals surface area contributed by atoms with Gasteiger partial charge in [-0.05, 0) is 30.4 Å². The summed E-state index contributed by atoms with van der Waals surface area (Å²) in [5.74, 6) is 0.740. The Kier molecular flexibility index (Phi) is 4.20. The summed E-state index contributed by atoms with van der Waals surface area (Å²) in [6.07, 6.45) is 3.19. The lowest BCUT2D eigenvalue weighted by Gasteiger charge is -2.30. The Morgan fingerprint density at radius 3 is 2.79 bits per heavy atom. The number of amides is 1. The lowest BCUT2D eigenvalue weighted by molar-refractivity contribution is -0.127. The molecular formula is C15H22N2O2. The summed E-state index contributed by atoms with van der Waals surface area (Å²) in [4.78, 5) is 18.6. The Balaban J connectivity index is 2.21. The Morgan fingerprint density at radius 2 is 2.26 bits per heavy atom. The molecule has 1 aliphatic heterocycles. The Morgan fingerprint density at radius 1 is 1.47 bits per heavy atom. The first-order valence-electron chi connectivity index (χ1n) is 6.81. The number of anilines is 1. The first-order valence-corrected chi connectivity index (χ1v) is 6.81. The second-order valence-corrected chi connectivity index (χ2v) is 6.17. The highest BCUT2D eigenvalue weighted by Gasteiger charge is 2.31. The fraction of sp³-hybridized carbons (Fsp3) is 0.600. The van der Waals surface area contributed by atoms with E-state index in [1.807, 2.05) is 18.2 Å². The van der Waals surface area contributed by atoms with Gasteiger partial charge in [-0.25, -0.2) is 4.98 Å². The number of pyridine rings is 1.